The van der Waals surface area contributed by atoms with Crippen LogP contribution in [0.15, 0.2) is 0 Å². The monoisotopic (exact) mass is 293 g/mol. The molecule has 1 atom stereocenters. The summed E-state index contributed by atoms with van der Waals surface area (Å²) in [5.41, 5.74) is -0.302. The minimum absolute atomic E-state index is 0.302. The Balaban J connectivity index is 2.38. The van der Waals surface area contributed by atoms with Crippen molar-refractivity contribution in [1.82, 2.24) is 10.2 Å². The summed E-state index contributed by atoms with van der Waals surface area (Å²) in [6.45, 7) is 12.2. The predicted molar refractivity (Wildman–Crippen MR) is 90.2 cm³/mol. The van der Waals surface area contributed by atoms with Gasteiger partial charge in [0.15, 0.2) is 0 Å². The van der Waals surface area contributed by atoms with Gasteiger partial charge in [0.2, 0.25) is 0 Å². The number of nitriles is 1. The van der Waals surface area contributed by atoms with Crippen molar-refractivity contribution in [1.29, 1.82) is 5.26 Å². The maximum absolute atomic E-state index is 9.54. The van der Waals surface area contributed by atoms with E-state index in [1.807, 2.05) is 0 Å². The number of rotatable bonds is 12. The van der Waals surface area contributed by atoms with Crippen LogP contribution in [0.1, 0.15) is 72.6 Å². The molecule has 0 amide bonds. The molecule has 3 heteroatoms. The van der Waals surface area contributed by atoms with Crippen LogP contribution in [0.4, 0.5) is 0 Å². The van der Waals surface area contributed by atoms with Gasteiger partial charge < -0.3 is 4.90 Å². The fourth-order valence-corrected chi connectivity index (χ4v) is 2.85. The molecular formula is C18H35N3. The number of hydrogen-bond donors (Lipinski definition) is 1. The highest BCUT2D eigenvalue weighted by molar-refractivity contribution is 5.06. The van der Waals surface area contributed by atoms with Crippen LogP contribution in [-0.2, 0) is 0 Å². The summed E-state index contributed by atoms with van der Waals surface area (Å²) in [4.78, 5) is 2.66. The quantitative estimate of drug-likeness (QED) is 0.592. The van der Waals surface area contributed by atoms with E-state index in [0.717, 1.165) is 50.7 Å². The van der Waals surface area contributed by atoms with Gasteiger partial charge in [-0.3, -0.25) is 5.32 Å². The van der Waals surface area contributed by atoms with Crippen molar-refractivity contribution in [2.75, 3.05) is 19.6 Å². The molecule has 0 aromatic heterocycles. The second kappa shape index (κ2) is 9.43. The highest BCUT2D eigenvalue weighted by Gasteiger charge is 2.30. The SMILES string of the molecule is CCCNC(C#N)(CC)CCCN(CCC(C)C)C1CC1. The zero-order chi connectivity index (χ0) is 15.7. The van der Waals surface area contributed by atoms with Crippen molar-refractivity contribution < 1.29 is 0 Å². The standard InChI is InChI=1S/C18H35N3/c1-5-12-20-18(6-2,15-19)11-7-13-21(17-8-9-17)14-10-16(3)4/h16-17,20H,5-14H2,1-4H3. The van der Waals surface area contributed by atoms with E-state index in [2.05, 4.69) is 44.0 Å². The lowest BCUT2D eigenvalue weighted by Gasteiger charge is -2.29. The zero-order valence-electron chi connectivity index (χ0n) is 14.6. The first-order valence-corrected chi connectivity index (χ1v) is 8.97. The van der Waals surface area contributed by atoms with Gasteiger partial charge in [0, 0.05) is 6.04 Å². The van der Waals surface area contributed by atoms with Crippen molar-refractivity contribution >= 4 is 0 Å². The molecule has 0 aromatic rings. The third-order valence-corrected chi connectivity index (χ3v) is 4.64. The third kappa shape index (κ3) is 6.80. The molecule has 0 aliphatic heterocycles. The highest BCUT2D eigenvalue weighted by Crippen LogP contribution is 2.28. The van der Waals surface area contributed by atoms with Gasteiger partial charge in [0.1, 0.15) is 5.54 Å². The zero-order valence-corrected chi connectivity index (χ0v) is 14.6. The summed E-state index contributed by atoms with van der Waals surface area (Å²) in [6.07, 6.45) is 8.15. The molecule has 3 nitrogen and oxygen atoms in total. The smallest absolute Gasteiger partial charge is 0.106 e. The van der Waals surface area contributed by atoms with Crippen LogP contribution in [0.2, 0.25) is 0 Å². The first-order valence-electron chi connectivity index (χ1n) is 8.97. The second-order valence-corrected chi connectivity index (χ2v) is 7.03. The van der Waals surface area contributed by atoms with E-state index < -0.39 is 0 Å². The van der Waals surface area contributed by atoms with Crippen molar-refractivity contribution in [3.05, 3.63) is 0 Å². The van der Waals surface area contributed by atoms with Crippen LogP contribution < -0.4 is 5.32 Å². The van der Waals surface area contributed by atoms with Gasteiger partial charge in [-0.05, 0) is 70.5 Å². The highest BCUT2D eigenvalue weighted by atomic mass is 15.2. The Labute approximate surface area is 132 Å². The molecule has 0 radical (unpaired) electrons. The molecule has 122 valence electrons. The largest absolute Gasteiger partial charge is 0.300 e. The predicted octanol–water partition coefficient (Wildman–Crippen LogP) is 3.95. The Hall–Kier alpha value is -0.590. The van der Waals surface area contributed by atoms with Crippen LogP contribution in [0.3, 0.4) is 0 Å². The van der Waals surface area contributed by atoms with E-state index in [9.17, 15) is 5.26 Å². The average molecular weight is 293 g/mol. The van der Waals surface area contributed by atoms with Crippen LogP contribution >= 0.6 is 0 Å². The van der Waals surface area contributed by atoms with Crippen molar-refractivity contribution in [3.63, 3.8) is 0 Å². The molecule has 1 aliphatic carbocycles. The molecule has 0 heterocycles. The molecule has 1 rings (SSSR count). The lowest BCUT2D eigenvalue weighted by molar-refractivity contribution is 0.231. The maximum Gasteiger partial charge on any atom is 0.106 e. The van der Waals surface area contributed by atoms with E-state index >= 15 is 0 Å². The number of hydrogen-bond acceptors (Lipinski definition) is 3. The van der Waals surface area contributed by atoms with Crippen molar-refractivity contribution in [3.8, 4) is 6.07 Å². The van der Waals surface area contributed by atoms with Gasteiger partial charge in [0.25, 0.3) is 0 Å². The van der Waals surface area contributed by atoms with Crippen molar-refractivity contribution in [2.24, 2.45) is 5.92 Å². The minimum Gasteiger partial charge on any atom is -0.300 e. The van der Waals surface area contributed by atoms with Gasteiger partial charge in [0.05, 0.1) is 6.07 Å². The van der Waals surface area contributed by atoms with Crippen LogP contribution in [-0.4, -0.2) is 36.1 Å². The van der Waals surface area contributed by atoms with Gasteiger partial charge in [-0.1, -0.05) is 27.7 Å². The molecule has 21 heavy (non-hydrogen) atoms. The Morgan fingerprint density at radius 1 is 1.29 bits per heavy atom. The number of nitrogens with one attached hydrogen (secondary N) is 1. The second-order valence-electron chi connectivity index (χ2n) is 7.03. The minimum atomic E-state index is -0.302. The molecule has 1 N–H and O–H groups in total. The summed E-state index contributed by atoms with van der Waals surface area (Å²) in [6, 6.07) is 3.38. The fraction of sp³-hybridized carbons (Fsp3) is 0.944. The third-order valence-electron chi connectivity index (χ3n) is 4.64. The molecule has 1 fully saturated rings. The molecule has 0 spiro atoms. The Morgan fingerprint density at radius 2 is 2.00 bits per heavy atom. The van der Waals surface area contributed by atoms with E-state index in [4.69, 9.17) is 0 Å². The summed E-state index contributed by atoms with van der Waals surface area (Å²) >= 11 is 0. The Kier molecular flexibility index (Phi) is 8.29. The van der Waals surface area contributed by atoms with E-state index in [-0.39, 0.29) is 5.54 Å². The first-order chi connectivity index (χ1) is 10.1. The van der Waals surface area contributed by atoms with Gasteiger partial charge in [-0.25, -0.2) is 0 Å². The first kappa shape index (κ1) is 18.5. The van der Waals surface area contributed by atoms with Crippen molar-refractivity contribution in [2.45, 2.75) is 84.2 Å². The summed E-state index contributed by atoms with van der Waals surface area (Å²) in [5.74, 6) is 0.784. The summed E-state index contributed by atoms with van der Waals surface area (Å²) in [7, 11) is 0. The molecular weight excluding hydrogens is 258 g/mol. The summed E-state index contributed by atoms with van der Waals surface area (Å²) in [5, 5.41) is 13.0. The lowest BCUT2D eigenvalue weighted by Crippen LogP contribution is -2.44. The lowest BCUT2D eigenvalue weighted by atomic mass is 9.91. The topological polar surface area (TPSA) is 39.1 Å². The van der Waals surface area contributed by atoms with Crippen LogP contribution in [0.5, 0.6) is 0 Å². The normalized spacial score (nSPS) is 18.0. The molecule has 1 aliphatic rings. The van der Waals surface area contributed by atoms with Gasteiger partial charge in [-0.15, -0.1) is 0 Å². The van der Waals surface area contributed by atoms with E-state index in [0.29, 0.717) is 0 Å². The fourth-order valence-electron chi connectivity index (χ4n) is 2.85. The molecule has 0 aromatic carbocycles. The van der Waals surface area contributed by atoms with Crippen LogP contribution in [0.25, 0.3) is 0 Å². The Morgan fingerprint density at radius 3 is 2.48 bits per heavy atom. The molecule has 1 unspecified atom stereocenters. The van der Waals surface area contributed by atoms with E-state index in [1.165, 1.54) is 25.8 Å². The molecule has 1 saturated carbocycles. The Bertz CT molecular complexity index is 317. The molecule has 0 saturated heterocycles. The average Bonchev–Trinajstić information content (AvgIpc) is 3.30. The number of nitrogens with zero attached hydrogens (tertiary/aromatic N) is 2. The van der Waals surface area contributed by atoms with E-state index in [1.54, 1.807) is 0 Å². The van der Waals surface area contributed by atoms with Gasteiger partial charge >= 0.3 is 0 Å². The maximum atomic E-state index is 9.54. The molecule has 0 bridgehead atoms. The summed E-state index contributed by atoms with van der Waals surface area (Å²) < 4.78 is 0. The van der Waals surface area contributed by atoms with Gasteiger partial charge in [-0.2, -0.15) is 5.26 Å². The van der Waals surface area contributed by atoms with Crippen LogP contribution in [0, 0.1) is 17.2 Å².